The van der Waals surface area contributed by atoms with Gasteiger partial charge >= 0.3 is 0 Å². The Hall–Kier alpha value is -1.34. The fraction of sp³-hybridized carbons (Fsp3) is 0.600. The lowest BCUT2D eigenvalue weighted by molar-refractivity contribution is 0.116. The van der Waals surface area contributed by atoms with Crippen LogP contribution in [-0.4, -0.2) is 67.3 Å². The van der Waals surface area contributed by atoms with E-state index in [-0.39, 0.29) is 13.2 Å². The summed E-state index contributed by atoms with van der Waals surface area (Å²) in [6, 6.07) is 5.29. The predicted octanol–water partition coefficient (Wildman–Crippen LogP) is 0.414. The van der Waals surface area contributed by atoms with Crippen LogP contribution in [0.4, 0.5) is 0 Å². The van der Waals surface area contributed by atoms with Crippen molar-refractivity contribution in [2.24, 2.45) is 0 Å². The molecule has 6 heteroatoms. The molecule has 3 N–H and O–H groups in total. The van der Waals surface area contributed by atoms with Gasteiger partial charge in [-0.1, -0.05) is 0 Å². The number of benzene rings is 1. The van der Waals surface area contributed by atoms with Crippen LogP contribution in [0.15, 0.2) is 18.2 Å². The molecule has 0 fully saturated rings. The summed E-state index contributed by atoms with van der Waals surface area (Å²) in [6.07, 6.45) is -0.186. The molecule has 0 radical (unpaired) electrons. The molecule has 0 aliphatic carbocycles. The number of ether oxygens (including phenoxy) is 2. The number of rotatable bonds is 10. The van der Waals surface area contributed by atoms with Crippen molar-refractivity contribution in [3.63, 3.8) is 0 Å². The second-order valence-electron chi connectivity index (χ2n) is 4.70. The molecule has 0 aromatic heterocycles. The van der Waals surface area contributed by atoms with Gasteiger partial charge in [0.1, 0.15) is 11.5 Å². The molecule has 1 atom stereocenters. The average molecular weight is 299 g/mol. The van der Waals surface area contributed by atoms with E-state index in [0.717, 1.165) is 0 Å². The molecule has 0 aliphatic rings. The Kier molecular flexibility index (Phi) is 8.07. The maximum atomic E-state index is 10.3. The molecule has 0 saturated carbocycles. The monoisotopic (exact) mass is 299 g/mol. The highest BCUT2D eigenvalue weighted by atomic mass is 16.5. The molecule has 0 saturated heterocycles. The normalized spacial score (nSPS) is 12.5. The lowest BCUT2D eigenvalue weighted by Crippen LogP contribution is -2.31. The minimum atomic E-state index is -0.675. The number of hydrogen-bond donors (Lipinski definition) is 3. The summed E-state index contributed by atoms with van der Waals surface area (Å²) >= 11 is 0. The van der Waals surface area contributed by atoms with Gasteiger partial charge in [0.15, 0.2) is 0 Å². The molecule has 120 valence electrons. The molecule has 6 nitrogen and oxygen atoms in total. The molecular formula is C15H25NO5. The quantitative estimate of drug-likeness (QED) is 0.581. The highest BCUT2D eigenvalue weighted by Gasteiger charge is 2.15. The number of aliphatic hydroxyl groups is 3. The summed E-state index contributed by atoms with van der Waals surface area (Å²) in [4.78, 5) is 1.90. The Morgan fingerprint density at radius 3 is 2.24 bits per heavy atom. The molecule has 1 unspecified atom stereocenters. The first-order valence-electron chi connectivity index (χ1n) is 7.00. The minimum Gasteiger partial charge on any atom is -0.497 e. The Balaban J connectivity index is 2.67. The molecule has 0 bridgehead atoms. The van der Waals surface area contributed by atoms with Crippen molar-refractivity contribution < 1.29 is 24.8 Å². The van der Waals surface area contributed by atoms with Crippen molar-refractivity contribution >= 4 is 0 Å². The second kappa shape index (κ2) is 9.57. The molecule has 0 aliphatic heterocycles. The van der Waals surface area contributed by atoms with Crippen molar-refractivity contribution in [1.29, 1.82) is 0 Å². The van der Waals surface area contributed by atoms with Crippen LogP contribution < -0.4 is 9.47 Å². The van der Waals surface area contributed by atoms with E-state index in [1.165, 1.54) is 0 Å². The van der Waals surface area contributed by atoms with E-state index >= 15 is 0 Å². The van der Waals surface area contributed by atoms with Gasteiger partial charge in [-0.05, 0) is 18.6 Å². The largest absolute Gasteiger partial charge is 0.497 e. The summed E-state index contributed by atoms with van der Waals surface area (Å²) in [6.45, 7) is 1.60. The Morgan fingerprint density at radius 1 is 1.05 bits per heavy atom. The molecule has 1 aromatic carbocycles. The summed E-state index contributed by atoms with van der Waals surface area (Å²) in [5.74, 6) is 1.25. The van der Waals surface area contributed by atoms with Crippen LogP contribution in [0.2, 0.25) is 0 Å². The summed E-state index contributed by atoms with van der Waals surface area (Å²) in [5, 5.41) is 28.2. The van der Waals surface area contributed by atoms with Crippen molar-refractivity contribution in [3.8, 4) is 11.5 Å². The number of hydrogen-bond acceptors (Lipinski definition) is 6. The van der Waals surface area contributed by atoms with Crippen molar-refractivity contribution in [3.05, 3.63) is 23.8 Å². The van der Waals surface area contributed by atoms with Crippen LogP contribution >= 0.6 is 0 Å². The summed E-state index contributed by atoms with van der Waals surface area (Å²) < 4.78 is 10.4. The number of aliphatic hydroxyl groups excluding tert-OH is 3. The van der Waals surface area contributed by atoms with Gasteiger partial charge in [0.05, 0.1) is 33.5 Å². The van der Waals surface area contributed by atoms with Crippen molar-refractivity contribution in [1.82, 2.24) is 4.90 Å². The van der Waals surface area contributed by atoms with Crippen LogP contribution in [0.3, 0.4) is 0 Å². The smallest absolute Gasteiger partial charge is 0.128 e. The zero-order valence-corrected chi connectivity index (χ0v) is 12.7. The topological polar surface area (TPSA) is 82.4 Å². The van der Waals surface area contributed by atoms with Crippen LogP contribution in [0.25, 0.3) is 0 Å². The van der Waals surface area contributed by atoms with Gasteiger partial charge in [-0.15, -0.1) is 0 Å². The van der Waals surface area contributed by atoms with Crippen molar-refractivity contribution in [2.75, 3.05) is 47.1 Å². The molecule has 0 spiro atoms. The minimum absolute atomic E-state index is 0.0297. The van der Waals surface area contributed by atoms with Gasteiger partial charge < -0.3 is 24.8 Å². The Bertz CT molecular complexity index is 407. The van der Waals surface area contributed by atoms with Crippen LogP contribution in [0.5, 0.6) is 11.5 Å². The van der Waals surface area contributed by atoms with Gasteiger partial charge in [0.25, 0.3) is 0 Å². The molecule has 0 heterocycles. The molecule has 1 aromatic rings. The van der Waals surface area contributed by atoms with E-state index in [4.69, 9.17) is 19.7 Å². The van der Waals surface area contributed by atoms with Crippen LogP contribution in [-0.2, 0) is 0 Å². The van der Waals surface area contributed by atoms with E-state index in [2.05, 4.69) is 0 Å². The van der Waals surface area contributed by atoms with Gasteiger partial charge in [-0.3, -0.25) is 4.90 Å². The standard InChI is InChI=1S/C15H25NO5/c1-20-12-3-4-13(15(11-12)21-2)14(19)5-6-16(7-9-17)8-10-18/h3-4,11,14,17-19H,5-10H2,1-2H3. The number of nitrogens with zero attached hydrogens (tertiary/aromatic N) is 1. The third kappa shape index (κ3) is 5.51. The highest BCUT2D eigenvalue weighted by Crippen LogP contribution is 2.30. The fourth-order valence-electron chi connectivity index (χ4n) is 2.17. The predicted molar refractivity (Wildman–Crippen MR) is 79.7 cm³/mol. The molecule has 0 amide bonds. The van der Waals surface area contributed by atoms with Crippen LogP contribution in [0.1, 0.15) is 18.1 Å². The first-order valence-corrected chi connectivity index (χ1v) is 7.00. The fourth-order valence-corrected chi connectivity index (χ4v) is 2.17. The highest BCUT2D eigenvalue weighted by molar-refractivity contribution is 5.41. The molecular weight excluding hydrogens is 274 g/mol. The summed E-state index contributed by atoms with van der Waals surface area (Å²) in [5.41, 5.74) is 0.700. The van der Waals surface area contributed by atoms with E-state index in [1.807, 2.05) is 4.90 Å². The van der Waals surface area contributed by atoms with Crippen LogP contribution in [0, 0.1) is 0 Å². The third-order valence-electron chi connectivity index (χ3n) is 3.35. The third-order valence-corrected chi connectivity index (χ3v) is 3.35. The molecule has 1 rings (SSSR count). The first-order chi connectivity index (χ1) is 10.2. The van der Waals surface area contributed by atoms with E-state index in [0.29, 0.717) is 43.1 Å². The molecule has 21 heavy (non-hydrogen) atoms. The zero-order chi connectivity index (χ0) is 15.7. The SMILES string of the molecule is COc1ccc(C(O)CCN(CCO)CCO)c(OC)c1. The van der Waals surface area contributed by atoms with Gasteiger partial charge in [0.2, 0.25) is 0 Å². The number of methoxy groups -OCH3 is 2. The van der Waals surface area contributed by atoms with Gasteiger partial charge in [0, 0.05) is 31.3 Å². The van der Waals surface area contributed by atoms with Crippen molar-refractivity contribution in [2.45, 2.75) is 12.5 Å². The van der Waals surface area contributed by atoms with E-state index in [9.17, 15) is 5.11 Å². The maximum Gasteiger partial charge on any atom is 0.128 e. The lowest BCUT2D eigenvalue weighted by atomic mass is 10.0. The van der Waals surface area contributed by atoms with E-state index < -0.39 is 6.10 Å². The zero-order valence-electron chi connectivity index (χ0n) is 12.7. The lowest BCUT2D eigenvalue weighted by Gasteiger charge is -2.22. The Morgan fingerprint density at radius 2 is 1.71 bits per heavy atom. The summed E-state index contributed by atoms with van der Waals surface area (Å²) in [7, 11) is 3.13. The second-order valence-corrected chi connectivity index (χ2v) is 4.70. The maximum absolute atomic E-state index is 10.3. The van der Waals surface area contributed by atoms with Gasteiger partial charge in [-0.25, -0.2) is 0 Å². The average Bonchev–Trinajstić information content (AvgIpc) is 2.52. The first kappa shape index (κ1) is 17.7. The Labute approximate surface area is 125 Å². The van der Waals surface area contributed by atoms with E-state index in [1.54, 1.807) is 32.4 Å². The van der Waals surface area contributed by atoms with Gasteiger partial charge in [-0.2, -0.15) is 0 Å².